The highest BCUT2D eigenvalue weighted by atomic mass is 32.1. The SMILES string of the molecule is COC(=O)Nc1nc2ccc(NC(=O)[C@H]3NCC[C@H]3C3CCCCC3)cc2s1. The quantitative estimate of drug-likeness (QED) is 0.720. The zero-order valence-corrected chi connectivity index (χ0v) is 16.8. The van der Waals surface area contributed by atoms with Crippen LogP contribution in [0.15, 0.2) is 18.2 Å². The first-order chi connectivity index (χ1) is 13.6. The first kappa shape index (κ1) is 19.1. The van der Waals surface area contributed by atoms with Gasteiger partial charge in [0.2, 0.25) is 5.91 Å². The summed E-state index contributed by atoms with van der Waals surface area (Å²) in [5, 5.41) is 9.53. The van der Waals surface area contributed by atoms with Crippen LogP contribution in [0.1, 0.15) is 38.5 Å². The minimum absolute atomic E-state index is 0.0462. The topological polar surface area (TPSA) is 92.3 Å². The molecule has 0 spiro atoms. The second-order valence-electron chi connectivity index (χ2n) is 7.59. The van der Waals surface area contributed by atoms with Crippen molar-refractivity contribution in [1.82, 2.24) is 10.3 Å². The fourth-order valence-electron chi connectivity index (χ4n) is 4.50. The molecule has 1 aliphatic carbocycles. The second-order valence-corrected chi connectivity index (χ2v) is 8.62. The van der Waals surface area contributed by atoms with Crippen molar-refractivity contribution < 1.29 is 14.3 Å². The third kappa shape index (κ3) is 4.12. The van der Waals surface area contributed by atoms with E-state index in [1.807, 2.05) is 18.2 Å². The Labute approximate surface area is 168 Å². The van der Waals surface area contributed by atoms with Gasteiger partial charge in [0.1, 0.15) is 0 Å². The predicted octanol–water partition coefficient (Wildman–Crippen LogP) is 3.97. The lowest BCUT2D eigenvalue weighted by Crippen LogP contribution is -2.42. The van der Waals surface area contributed by atoms with E-state index in [-0.39, 0.29) is 11.9 Å². The van der Waals surface area contributed by atoms with Crippen LogP contribution < -0.4 is 16.0 Å². The largest absolute Gasteiger partial charge is 0.453 e. The van der Waals surface area contributed by atoms with Crippen LogP contribution >= 0.6 is 11.3 Å². The second kappa shape index (κ2) is 8.45. The molecule has 1 saturated carbocycles. The Bertz CT molecular complexity index is 862. The number of hydrogen-bond acceptors (Lipinski definition) is 6. The van der Waals surface area contributed by atoms with Gasteiger partial charge in [-0.1, -0.05) is 43.4 Å². The predicted molar refractivity (Wildman–Crippen MR) is 111 cm³/mol. The molecule has 1 aliphatic heterocycles. The molecule has 150 valence electrons. The molecule has 28 heavy (non-hydrogen) atoms. The van der Waals surface area contributed by atoms with Gasteiger partial charge in [0.25, 0.3) is 0 Å². The maximum absolute atomic E-state index is 12.9. The van der Waals surface area contributed by atoms with Crippen molar-refractivity contribution >= 4 is 44.4 Å². The highest BCUT2D eigenvalue weighted by molar-refractivity contribution is 7.22. The van der Waals surface area contributed by atoms with Crippen LogP contribution in [0.3, 0.4) is 0 Å². The Kier molecular flexibility index (Phi) is 5.77. The minimum atomic E-state index is -0.548. The number of aromatic nitrogens is 1. The molecule has 4 rings (SSSR count). The standard InChI is InChI=1S/C20H26N4O3S/c1-27-20(26)24-19-23-15-8-7-13(11-16(15)28-19)22-18(25)17-14(9-10-21-17)12-5-3-2-4-6-12/h7-8,11-12,14,17,21H,2-6,9-10H2,1H3,(H,22,25)(H,23,24,26)/t14-,17-/m0/s1. The van der Waals surface area contributed by atoms with E-state index < -0.39 is 6.09 Å². The fraction of sp³-hybridized carbons (Fsp3) is 0.550. The summed E-state index contributed by atoms with van der Waals surface area (Å²) in [4.78, 5) is 28.6. The van der Waals surface area contributed by atoms with E-state index in [0.717, 1.165) is 28.9 Å². The van der Waals surface area contributed by atoms with Gasteiger partial charge in [0.05, 0.1) is 23.4 Å². The number of amides is 2. The number of anilines is 2. The Morgan fingerprint density at radius 1 is 1.18 bits per heavy atom. The van der Waals surface area contributed by atoms with E-state index in [2.05, 4.69) is 25.7 Å². The Hall–Kier alpha value is -2.19. The van der Waals surface area contributed by atoms with Gasteiger partial charge in [-0.05, 0) is 43.0 Å². The van der Waals surface area contributed by atoms with Crippen LogP contribution in [0.5, 0.6) is 0 Å². The summed E-state index contributed by atoms with van der Waals surface area (Å²) in [7, 11) is 1.31. The average molecular weight is 403 g/mol. The third-order valence-corrected chi connectivity index (χ3v) is 6.79. The molecular weight excluding hydrogens is 376 g/mol. The molecule has 1 aromatic heterocycles. The number of benzene rings is 1. The number of rotatable bonds is 4. The number of fused-ring (bicyclic) bond motifs is 1. The van der Waals surface area contributed by atoms with Gasteiger partial charge >= 0.3 is 6.09 Å². The Balaban J connectivity index is 1.44. The van der Waals surface area contributed by atoms with Crippen molar-refractivity contribution in [2.24, 2.45) is 11.8 Å². The monoisotopic (exact) mass is 402 g/mol. The average Bonchev–Trinajstić information content (AvgIpc) is 3.34. The number of nitrogens with one attached hydrogen (secondary N) is 3. The molecule has 0 radical (unpaired) electrons. The number of hydrogen-bond donors (Lipinski definition) is 3. The van der Waals surface area contributed by atoms with Crippen LogP contribution in [-0.2, 0) is 9.53 Å². The molecule has 1 aromatic carbocycles. The Morgan fingerprint density at radius 3 is 2.79 bits per heavy atom. The molecule has 7 nitrogen and oxygen atoms in total. The number of methoxy groups -OCH3 is 1. The summed E-state index contributed by atoms with van der Waals surface area (Å²) in [6, 6.07) is 5.49. The number of carbonyl (C=O) groups is 2. The summed E-state index contributed by atoms with van der Waals surface area (Å²) < 4.78 is 5.49. The molecule has 3 N–H and O–H groups in total. The molecule has 8 heteroatoms. The lowest BCUT2D eigenvalue weighted by molar-refractivity contribution is -0.119. The van der Waals surface area contributed by atoms with Gasteiger partial charge in [-0.3, -0.25) is 10.1 Å². The molecule has 2 atom stereocenters. The summed E-state index contributed by atoms with van der Waals surface area (Å²) in [5.74, 6) is 1.14. The van der Waals surface area contributed by atoms with Crippen molar-refractivity contribution in [2.45, 2.75) is 44.6 Å². The van der Waals surface area contributed by atoms with Gasteiger partial charge in [0, 0.05) is 5.69 Å². The minimum Gasteiger partial charge on any atom is -0.453 e. The normalized spacial score (nSPS) is 22.9. The van der Waals surface area contributed by atoms with Gasteiger partial charge < -0.3 is 15.4 Å². The molecular formula is C20H26N4O3S. The number of ether oxygens (including phenoxy) is 1. The summed E-state index contributed by atoms with van der Waals surface area (Å²) >= 11 is 1.35. The van der Waals surface area contributed by atoms with Gasteiger partial charge in [-0.25, -0.2) is 9.78 Å². The van der Waals surface area contributed by atoms with Crippen LogP contribution in [0.2, 0.25) is 0 Å². The van der Waals surface area contributed by atoms with E-state index in [4.69, 9.17) is 0 Å². The molecule has 1 saturated heterocycles. The van der Waals surface area contributed by atoms with Crippen LogP contribution in [0.4, 0.5) is 15.6 Å². The number of carbonyl (C=O) groups excluding carboxylic acids is 2. The van der Waals surface area contributed by atoms with Gasteiger partial charge in [0.15, 0.2) is 5.13 Å². The van der Waals surface area contributed by atoms with Crippen LogP contribution in [0, 0.1) is 11.8 Å². The number of nitrogens with zero attached hydrogens (tertiary/aromatic N) is 1. The highest BCUT2D eigenvalue weighted by Gasteiger charge is 2.38. The molecule has 2 aromatic rings. The zero-order valence-electron chi connectivity index (χ0n) is 16.0. The van der Waals surface area contributed by atoms with E-state index in [9.17, 15) is 9.59 Å². The maximum Gasteiger partial charge on any atom is 0.413 e. The van der Waals surface area contributed by atoms with Gasteiger partial charge in [-0.2, -0.15) is 0 Å². The summed E-state index contributed by atoms with van der Waals surface area (Å²) in [5.41, 5.74) is 1.52. The lowest BCUT2D eigenvalue weighted by atomic mass is 9.76. The van der Waals surface area contributed by atoms with Crippen LogP contribution in [-0.4, -0.2) is 36.7 Å². The first-order valence-corrected chi connectivity index (χ1v) is 10.8. The van der Waals surface area contributed by atoms with Crippen molar-refractivity contribution in [2.75, 3.05) is 24.3 Å². The van der Waals surface area contributed by atoms with Crippen molar-refractivity contribution in [3.63, 3.8) is 0 Å². The summed E-state index contributed by atoms with van der Waals surface area (Å²) in [6.07, 6.45) is 6.94. The molecule has 0 unspecified atom stereocenters. The van der Waals surface area contributed by atoms with Crippen molar-refractivity contribution in [1.29, 1.82) is 0 Å². The molecule has 0 bridgehead atoms. The van der Waals surface area contributed by atoms with E-state index in [1.165, 1.54) is 50.6 Å². The third-order valence-electron chi connectivity index (χ3n) is 5.86. The Morgan fingerprint density at radius 2 is 2.00 bits per heavy atom. The van der Waals surface area contributed by atoms with Gasteiger partial charge in [-0.15, -0.1) is 0 Å². The number of thiazole rings is 1. The van der Waals surface area contributed by atoms with E-state index in [1.54, 1.807) is 0 Å². The van der Waals surface area contributed by atoms with Crippen molar-refractivity contribution in [3.05, 3.63) is 18.2 Å². The smallest absolute Gasteiger partial charge is 0.413 e. The summed E-state index contributed by atoms with van der Waals surface area (Å²) in [6.45, 7) is 0.912. The van der Waals surface area contributed by atoms with Crippen molar-refractivity contribution in [3.8, 4) is 0 Å². The molecule has 2 amide bonds. The molecule has 2 aliphatic rings. The maximum atomic E-state index is 12.9. The zero-order chi connectivity index (χ0) is 19.5. The fourth-order valence-corrected chi connectivity index (χ4v) is 5.39. The lowest BCUT2D eigenvalue weighted by Gasteiger charge is -2.30. The first-order valence-electron chi connectivity index (χ1n) is 9.94. The molecule has 2 heterocycles. The van der Waals surface area contributed by atoms with E-state index >= 15 is 0 Å². The van der Waals surface area contributed by atoms with E-state index in [0.29, 0.717) is 17.0 Å². The molecule has 2 fully saturated rings. The highest BCUT2D eigenvalue weighted by Crippen LogP contribution is 2.36. The van der Waals surface area contributed by atoms with Crippen LogP contribution in [0.25, 0.3) is 10.2 Å².